The third-order valence-electron chi connectivity index (χ3n) is 2.88. The highest BCUT2D eigenvalue weighted by Crippen LogP contribution is 2.36. The second kappa shape index (κ2) is 3.89. The van der Waals surface area contributed by atoms with Gasteiger partial charge in [0.15, 0.2) is 0 Å². The summed E-state index contributed by atoms with van der Waals surface area (Å²) < 4.78 is 0.990. The highest BCUT2D eigenvalue weighted by atomic mass is 32.2. The van der Waals surface area contributed by atoms with Crippen molar-refractivity contribution in [3.05, 3.63) is 35.7 Å². The first-order chi connectivity index (χ1) is 8.16. The molecule has 0 saturated carbocycles. The first kappa shape index (κ1) is 10.9. The third-order valence-corrected chi connectivity index (χ3v) is 4.45. The number of hydrogen-bond donors (Lipinski definition) is 2. The van der Waals surface area contributed by atoms with E-state index >= 15 is 0 Å². The van der Waals surface area contributed by atoms with Gasteiger partial charge in [-0.3, -0.25) is 0 Å². The largest absolute Gasteiger partial charge is 0.358 e. The summed E-state index contributed by atoms with van der Waals surface area (Å²) >= 11 is 6.06. The number of thiazole rings is 1. The Morgan fingerprint density at radius 1 is 1.24 bits per heavy atom. The van der Waals surface area contributed by atoms with Gasteiger partial charge < -0.3 is 4.98 Å². The van der Waals surface area contributed by atoms with Gasteiger partial charge in [-0.05, 0) is 19.9 Å². The molecular formula is C13H12N2S2. The molecule has 0 saturated heterocycles. The fourth-order valence-electron chi connectivity index (χ4n) is 2.05. The van der Waals surface area contributed by atoms with Crippen LogP contribution in [0.3, 0.4) is 0 Å². The van der Waals surface area contributed by atoms with Crippen molar-refractivity contribution in [1.82, 2.24) is 9.97 Å². The van der Waals surface area contributed by atoms with E-state index in [2.05, 4.69) is 47.7 Å². The minimum Gasteiger partial charge on any atom is -0.358 e. The molecular weight excluding hydrogens is 248 g/mol. The van der Waals surface area contributed by atoms with Crippen LogP contribution in [0.2, 0.25) is 0 Å². The molecule has 1 aromatic carbocycles. The van der Waals surface area contributed by atoms with Crippen LogP contribution in [0.15, 0.2) is 28.5 Å². The number of H-pyrrole nitrogens is 1. The van der Waals surface area contributed by atoms with Crippen LogP contribution in [-0.2, 0) is 0 Å². The molecule has 2 nitrogen and oxygen atoms in total. The van der Waals surface area contributed by atoms with Gasteiger partial charge in [-0.25, -0.2) is 4.98 Å². The van der Waals surface area contributed by atoms with Crippen molar-refractivity contribution >= 4 is 34.9 Å². The van der Waals surface area contributed by atoms with Gasteiger partial charge in [0.05, 0.1) is 9.90 Å². The molecule has 17 heavy (non-hydrogen) atoms. The zero-order chi connectivity index (χ0) is 12.0. The van der Waals surface area contributed by atoms with E-state index in [9.17, 15) is 0 Å². The first-order valence-corrected chi connectivity index (χ1v) is 6.67. The average molecular weight is 260 g/mol. The van der Waals surface area contributed by atoms with Gasteiger partial charge in [-0.1, -0.05) is 18.2 Å². The molecule has 0 bridgehead atoms. The molecule has 4 heteroatoms. The van der Waals surface area contributed by atoms with Crippen LogP contribution >= 0.6 is 24.0 Å². The van der Waals surface area contributed by atoms with Crippen LogP contribution in [0.4, 0.5) is 0 Å². The SMILES string of the molecule is Cc1nc(-c2c(C)[nH]c3ccccc23)sc1S. The van der Waals surface area contributed by atoms with E-state index in [4.69, 9.17) is 0 Å². The molecule has 0 aliphatic rings. The molecule has 0 radical (unpaired) electrons. The normalized spacial score (nSPS) is 11.2. The van der Waals surface area contributed by atoms with Crippen LogP contribution in [0.25, 0.3) is 21.5 Å². The van der Waals surface area contributed by atoms with Gasteiger partial charge in [0, 0.05) is 22.2 Å². The molecule has 0 aliphatic carbocycles. The van der Waals surface area contributed by atoms with E-state index < -0.39 is 0 Å². The molecule has 1 N–H and O–H groups in total. The Morgan fingerprint density at radius 3 is 2.71 bits per heavy atom. The zero-order valence-electron chi connectivity index (χ0n) is 9.61. The Morgan fingerprint density at radius 2 is 2.00 bits per heavy atom. The fourth-order valence-corrected chi connectivity index (χ4v) is 3.28. The lowest BCUT2D eigenvalue weighted by Crippen LogP contribution is -1.78. The lowest BCUT2D eigenvalue weighted by Gasteiger charge is -1.95. The van der Waals surface area contributed by atoms with E-state index in [1.54, 1.807) is 11.3 Å². The smallest absolute Gasteiger partial charge is 0.127 e. The predicted octanol–water partition coefficient (Wildman–Crippen LogP) is 4.20. The maximum absolute atomic E-state index is 4.59. The number of aromatic amines is 1. The van der Waals surface area contributed by atoms with Crippen molar-refractivity contribution in [2.45, 2.75) is 18.1 Å². The Hall–Kier alpha value is -1.26. The molecule has 2 heterocycles. The van der Waals surface area contributed by atoms with Crippen molar-refractivity contribution in [3.8, 4) is 10.6 Å². The summed E-state index contributed by atoms with van der Waals surface area (Å²) in [6, 6.07) is 8.32. The molecule has 2 aromatic heterocycles. The van der Waals surface area contributed by atoms with Gasteiger partial charge in [-0.15, -0.1) is 24.0 Å². The quantitative estimate of drug-likeness (QED) is 0.631. The Labute approximate surface area is 109 Å². The van der Waals surface area contributed by atoms with E-state index in [0.717, 1.165) is 26.1 Å². The molecule has 0 aliphatic heterocycles. The first-order valence-electron chi connectivity index (χ1n) is 5.41. The zero-order valence-corrected chi connectivity index (χ0v) is 11.3. The van der Waals surface area contributed by atoms with Crippen LogP contribution in [0.1, 0.15) is 11.4 Å². The number of aromatic nitrogens is 2. The van der Waals surface area contributed by atoms with Crippen molar-refractivity contribution in [2.24, 2.45) is 0 Å². The van der Waals surface area contributed by atoms with E-state index in [-0.39, 0.29) is 0 Å². The van der Waals surface area contributed by atoms with E-state index in [1.165, 1.54) is 10.9 Å². The molecule has 0 spiro atoms. The van der Waals surface area contributed by atoms with Crippen molar-refractivity contribution in [2.75, 3.05) is 0 Å². The van der Waals surface area contributed by atoms with Gasteiger partial charge in [0.1, 0.15) is 5.01 Å². The minimum absolute atomic E-state index is 0.990. The second-order valence-corrected chi connectivity index (χ2v) is 5.83. The average Bonchev–Trinajstić information content (AvgIpc) is 2.78. The number of benzene rings is 1. The molecule has 3 rings (SSSR count). The van der Waals surface area contributed by atoms with Crippen LogP contribution < -0.4 is 0 Å². The standard InChI is InChI=1S/C13H12N2S2/c1-7-11(12-15-8(2)13(16)17-12)9-5-3-4-6-10(9)14-7/h3-6,14,16H,1-2H3. The van der Waals surface area contributed by atoms with E-state index in [0.29, 0.717) is 0 Å². The van der Waals surface area contributed by atoms with Crippen LogP contribution in [0.5, 0.6) is 0 Å². The number of thiol groups is 1. The maximum atomic E-state index is 4.59. The number of rotatable bonds is 1. The summed E-state index contributed by atoms with van der Waals surface area (Å²) in [5, 5.41) is 2.27. The Bertz CT molecular complexity index is 675. The Balaban J connectivity index is 2.33. The monoisotopic (exact) mass is 260 g/mol. The number of nitrogens with zero attached hydrogens (tertiary/aromatic N) is 1. The van der Waals surface area contributed by atoms with Gasteiger partial charge in [-0.2, -0.15) is 0 Å². The summed E-state index contributed by atoms with van der Waals surface area (Å²) in [5.74, 6) is 0. The third kappa shape index (κ3) is 1.68. The van der Waals surface area contributed by atoms with E-state index in [1.807, 2.05) is 13.0 Å². The summed E-state index contributed by atoms with van der Waals surface area (Å²) in [6.07, 6.45) is 0. The van der Waals surface area contributed by atoms with Gasteiger partial charge in [0.2, 0.25) is 0 Å². The van der Waals surface area contributed by atoms with Crippen molar-refractivity contribution in [1.29, 1.82) is 0 Å². The van der Waals surface area contributed by atoms with Crippen LogP contribution in [-0.4, -0.2) is 9.97 Å². The number of fused-ring (bicyclic) bond motifs is 1. The summed E-state index contributed by atoms with van der Waals surface area (Å²) in [4.78, 5) is 7.98. The summed E-state index contributed by atoms with van der Waals surface area (Å²) in [5.41, 5.74) is 4.52. The maximum Gasteiger partial charge on any atom is 0.127 e. The highest BCUT2D eigenvalue weighted by Gasteiger charge is 2.14. The van der Waals surface area contributed by atoms with Crippen molar-refractivity contribution < 1.29 is 0 Å². The molecule has 86 valence electrons. The number of para-hydroxylation sites is 1. The number of nitrogens with one attached hydrogen (secondary N) is 1. The predicted molar refractivity (Wildman–Crippen MR) is 76.1 cm³/mol. The van der Waals surface area contributed by atoms with Crippen LogP contribution in [0, 0.1) is 13.8 Å². The topological polar surface area (TPSA) is 28.7 Å². The molecule has 3 aromatic rings. The lowest BCUT2D eigenvalue weighted by molar-refractivity contribution is 1.21. The second-order valence-electron chi connectivity index (χ2n) is 4.08. The molecule has 0 atom stereocenters. The molecule has 0 fully saturated rings. The minimum atomic E-state index is 0.990. The highest BCUT2D eigenvalue weighted by molar-refractivity contribution is 7.83. The van der Waals surface area contributed by atoms with Crippen molar-refractivity contribution in [3.63, 3.8) is 0 Å². The molecule has 0 amide bonds. The number of hydrogen-bond acceptors (Lipinski definition) is 3. The number of aryl methyl sites for hydroxylation is 2. The van der Waals surface area contributed by atoms with Gasteiger partial charge in [0.25, 0.3) is 0 Å². The summed E-state index contributed by atoms with van der Waals surface area (Å²) in [7, 11) is 0. The Kier molecular flexibility index (Phi) is 2.49. The fraction of sp³-hybridized carbons (Fsp3) is 0.154. The molecule has 0 unspecified atom stereocenters. The van der Waals surface area contributed by atoms with Gasteiger partial charge >= 0.3 is 0 Å². The lowest BCUT2D eigenvalue weighted by atomic mass is 10.1. The summed E-state index contributed by atoms with van der Waals surface area (Å²) in [6.45, 7) is 4.08.